The summed E-state index contributed by atoms with van der Waals surface area (Å²) in [4.78, 5) is 2.25. The summed E-state index contributed by atoms with van der Waals surface area (Å²) in [6.45, 7) is 8.54. The first-order chi connectivity index (χ1) is 7.15. The number of benzene rings is 1. The zero-order valence-corrected chi connectivity index (χ0v) is 9.90. The van der Waals surface area contributed by atoms with Gasteiger partial charge in [0.05, 0.1) is 5.69 Å². The van der Waals surface area contributed by atoms with Crippen LogP contribution in [0.2, 0.25) is 0 Å². The first-order valence-corrected chi connectivity index (χ1v) is 5.68. The van der Waals surface area contributed by atoms with Gasteiger partial charge in [-0.15, -0.1) is 0 Å². The number of hydrogen-bond acceptors (Lipinski definition) is 2. The fourth-order valence-corrected chi connectivity index (χ4v) is 1.75. The molecule has 84 valence electrons. The molecule has 0 fully saturated rings. The Balaban J connectivity index is 2.83. The Labute approximate surface area is 92.5 Å². The van der Waals surface area contributed by atoms with E-state index in [9.17, 15) is 5.11 Å². The van der Waals surface area contributed by atoms with Crippen LogP contribution in [0.25, 0.3) is 0 Å². The van der Waals surface area contributed by atoms with Crippen LogP contribution in [0, 0.1) is 5.92 Å². The van der Waals surface area contributed by atoms with Crippen LogP contribution in [0.1, 0.15) is 27.2 Å². The number of rotatable bonds is 5. The number of phenols is 1. The van der Waals surface area contributed by atoms with E-state index < -0.39 is 0 Å². The van der Waals surface area contributed by atoms with Gasteiger partial charge in [-0.3, -0.25) is 0 Å². The molecule has 0 saturated carbocycles. The van der Waals surface area contributed by atoms with Gasteiger partial charge in [0.1, 0.15) is 5.75 Å². The fraction of sp³-hybridized carbons (Fsp3) is 0.538. The SMILES string of the molecule is CCCN(CC(C)C)c1ccccc1O. The van der Waals surface area contributed by atoms with Gasteiger partial charge in [0.2, 0.25) is 0 Å². The molecule has 0 atom stereocenters. The Morgan fingerprint density at radius 1 is 1.27 bits per heavy atom. The van der Waals surface area contributed by atoms with Crippen molar-refractivity contribution in [2.24, 2.45) is 5.92 Å². The molecule has 0 aliphatic rings. The molecule has 1 N–H and O–H groups in total. The number of aromatic hydroxyl groups is 1. The lowest BCUT2D eigenvalue weighted by Gasteiger charge is -2.26. The second kappa shape index (κ2) is 5.64. The first-order valence-electron chi connectivity index (χ1n) is 5.68. The highest BCUT2D eigenvalue weighted by molar-refractivity contribution is 5.57. The summed E-state index contributed by atoms with van der Waals surface area (Å²) < 4.78 is 0. The van der Waals surface area contributed by atoms with Gasteiger partial charge in [0.15, 0.2) is 0 Å². The molecule has 0 radical (unpaired) electrons. The van der Waals surface area contributed by atoms with Crippen LogP contribution < -0.4 is 4.90 Å². The van der Waals surface area contributed by atoms with Crippen LogP contribution in [-0.2, 0) is 0 Å². The number of para-hydroxylation sites is 2. The number of hydrogen-bond donors (Lipinski definition) is 1. The summed E-state index contributed by atoms with van der Waals surface area (Å²) in [7, 11) is 0. The molecule has 0 aliphatic carbocycles. The maximum Gasteiger partial charge on any atom is 0.138 e. The molecule has 0 amide bonds. The van der Waals surface area contributed by atoms with E-state index >= 15 is 0 Å². The van der Waals surface area contributed by atoms with Gasteiger partial charge in [-0.2, -0.15) is 0 Å². The molecule has 1 aromatic rings. The van der Waals surface area contributed by atoms with Crippen molar-refractivity contribution in [3.05, 3.63) is 24.3 Å². The van der Waals surface area contributed by atoms with Crippen LogP contribution in [0.4, 0.5) is 5.69 Å². The highest BCUT2D eigenvalue weighted by Gasteiger charge is 2.10. The van der Waals surface area contributed by atoms with Crippen molar-refractivity contribution in [3.63, 3.8) is 0 Å². The fourth-order valence-electron chi connectivity index (χ4n) is 1.75. The molecular formula is C13H21NO. The number of anilines is 1. The molecular weight excluding hydrogens is 186 g/mol. The van der Waals surface area contributed by atoms with Gasteiger partial charge in [0, 0.05) is 13.1 Å². The summed E-state index contributed by atoms with van der Waals surface area (Å²) >= 11 is 0. The Morgan fingerprint density at radius 2 is 1.93 bits per heavy atom. The van der Waals surface area contributed by atoms with Gasteiger partial charge in [0.25, 0.3) is 0 Å². The normalized spacial score (nSPS) is 10.7. The molecule has 1 rings (SSSR count). The van der Waals surface area contributed by atoms with Crippen molar-refractivity contribution in [3.8, 4) is 5.75 Å². The summed E-state index contributed by atoms with van der Waals surface area (Å²) in [6.07, 6.45) is 1.10. The molecule has 0 spiro atoms. The predicted molar refractivity (Wildman–Crippen MR) is 65.4 cm³/mol. The Bertz CT molecular complexity index is 296. The van der Waals surface area contributed by atoms with Gasteiger partial charge in [-0.05, 0) is 24.5 Å². The van der Waals surface area contributed by atoms with E-state index in [1.165, 1.54) is 0 Å². The molecule has 1 aromatic carbocycles. The number of nitrogens with zero attached hydrogens (tertiary/aromatic N) is 1. The van der Waals surface area contributed by atoms with E-state index in [4.69, 9.17) is 0 Å². The standard InChI is InChI=1S/C13H21NO/c1-4-9-14(10-11(2)3)12-7-5-6-8-13(12)15/h5-8,11,15H,4,9-10H2,1-3H3. The van der Waals surface area contributed by atoms with Crippen molar-refractivity contribution in [1.82, 2.24) is 0 Å². The van der Waals surface area contributed by atoms with Crippen LogP contribution in [0.15, 0.2) is 24.3 Å². The lowest BCUT2D eigenvalue weighted by atomic mass is 10.1. The van der Waals surface area contributed by atoms with E-state index in [2.05, 4.69) is 25.7 Å². The maximum atomic E-state index is 9.78. The molecule has 0 saturated heterocycles. The van der Waals surface area contributed by atoms with E-state index in [-0.39, 0.29) is 0 Å². The monoisotopic (exact) mass is 207 g/mol. The molecule has 0 unspecified atom stereocenters. The second-order valence-corrected chi connectivity index (χ2v) is 4.33. The maximum absolute atomic E-state index is 9.78. The van der Waals surface area contributed by atoms with Crippen LogP contribution >= 0.6 is 0 Å². The minimum absolute atomic E-state index is 0.381. The quantitative estimate of drug-likeness (QED) is 0.801. The molecule has 15 heavy (non-hydrogen) atoms. The summed E-state index contributed by atoms with van der Waals surface area (Å²) in [5.74, 6) is 0.989. The smallest absolute Gasteiger partial charge is 0.138 e. The predicted octanol–water partition coefficient (Wildman–Crippen LogP) is 3.26. The van der Waals surface area contributed by atoms with Crippen LogP contribution in [-0.4, -0.2) is 18.2 Å². The average molecular weight is 207 g/mol. The van der Waals surface area contributed by atoms with Crippen LogP contribution in [0.5, 0.6) is 5.75 Å². The van der Waals surface area contributed by atoms with Crippen molar-refractivity contribution in [2.45, 2.75) is 27.2 Å². The lowest BCUT2D eigenvalue weighted by Crippen LogP contribution is -2.28. The summed E-state index contributed by atoms with van der Waals surface area (Å²) in [5, 5.41) is 9.78. The molecule has 0 aromatic heterocycles. The third kappa shape index (κ3) is 3.46. The molecule has 0 aliphatic heterocycles. The molecule has 0 bridgehead atoms. The van der Waals surface area contributed by atoms with Gasteiger partial charge >= 0.3 is 0 Å². The van der Waals surface area contributed by atoms with E-state index in [0.29, 0.717) is 11.7 Å². The summed E-state index contributed by atoms with van der Waals surface area (Å²) in [6, 6.07) is 7.56. The van der Waals surface area contributed by atoms with Crippen LogP contribution in [0.3, 0.4) is 0 Å². The highest BCUT2D eigenvalue weighted by Crippen LogP contribution is 2.27. The first kappa shape index (κ1) is 11.9. The van der Waals surface area contributed by atoms with Crippen molar-refractivity contribution < 1.29 is 5.11 Å². The van der Waals surface area contributed by atoms with E-state index in [1.807, 2.05) is 18.2 Å². The van der Waals surface area contributed by atoms with Gasteiger partial charge in [-0.1, -0.05) is 32.9 Å². The minimum Gasteiger partial charge on any atom is -0.506 e. The lowest BCUT2D eigenvalue weighted by molar-refractivity contribution is 0.471. The zero-order valence-electron chi connectivity index (χ0n) is 9.90. The van der Waals surface area contributed by atoms with Gasteiger partial charge in [-0.25, -0.2) is 0 Å². The third-order valence-corrected chi connectivity index (χ3v) is 2.30. The highest BCUT2D eigenvalue weighted by atomic mass is 16.3. The van der Waals surface area contributed by atoms with E-state index in [0.717, 1.165) is 25.2 Å². The minimum atomic E-state index is 0.381. The Hall–Kier alpha value is -1.18. The Morgan fingerprint density at radius 3 is 2.47 bits per heavy atom. The average Bonchev–Trinajstić information content (AvgIpc) is 2.17. The largest absolute Gasteiger partial charge is 0.506 e. The van der Waals surface area contributed by atoms with Crippen molar-refractivity contribution in [1.29, 1.82) is 0 Å². The molecule has 2 heteroatoms. The van der Waals surface area contributed by atoms with Crippen molar-refractivity contribution in [2.75, 3.05) is 18.0 Å². The van der Waals surface area contributed by atoms with Crippen molar-refractivity contribution >= 4 is 5.69 Å². The van der Waals surface area contributed by atoms with Gasteiger partial charge < -0.3 is 10.0 Å². The molecule has 2 nitrogen and oxygen atoms in total. The second-order valence-electron chi connectivity index (χ2n) is 4.33. The third-order valence-electron chi connectivity index (χ3n) is 2.30. The number of phenolic OH excluding ortho intramolecular Hbond substituents is 1. The summed E-state index contributed by atoms with van der Waals surface area (Å²) in [5.41, 5.74) is 0.952. The zero-order chi connectivity index (χ0) is 11.3. The Kier molecular flexibility index (Phi) is 4.47. The molecule has 0 heterocycles. The van der Waals surface area contributed by atoms with E-state index in [1.54, 1.807) is 6.07 Å². The topological polar surface area (TPSA) is 23.5 Å².